The molecule has 0 aliphatic rings. The summed E-state index contributed by atoms with van der Waals surface area (Å²) < 4.78 is 0. The van der Waals surface area contributed by atoms with Gasteiger partial charge in [0.15, 0.2) is 0 Å². The summed E-state index contributed by atoms with van der Waals surface area (Å²) in [6.07, 6.45) is 4.37. The van der Waals surface area contributed by atoms with E-state index in [4.69, 9.17) is 5.73 Å². The van der Waals surface area contributed by atoms with E-state index in [0.29, 0.717) is 12.5 Å². The fraction of sp³-hybridized carbons (Fsp3) is 0.917. The molecule has 0 aliphatic heterocycles. The monoisotopic (exact) mass is 246 g/mol. The van der Waals surface area contributed by atoms with E-state index in [1.165, 1.54) is 0 Å². The summed E-state index contributed by atoms with van der Waals surface area (Å²) in [5, 5.41) is 0. The van der Waals surface area contributed by atoms with Gasteiger partial charge in [-0.3, -0.25) is 4.79 Å². The Morgan fingerprint density at radius 1 is 1.50 bits per heavy atom. The molecule has 3 nitrogen and oxygen atoms in total. The van der Waals surface area contributed by atoms with Crippen molar-refractivity contribution >= 4 is 17.7 Å². The van der Waals surface area contributed by atoms with E-state index in [1.807, 2.05) is 25.8 Å². The summed E-state index contributed by atoms with van der Waals surface area (Å²) in [7, 11) is 1.90. The number of carbonyl (C=O) groups excluding carboxylic acids is 1. The Morgan fingerprint density at radius 3 is 2.44 bits per heavy atom. The summed E-state index contributed by atoms with van der Waals surface area (Å²) >= 11 is 1.79. The highest BCUT2D eigenvalue weighted by molar-refractivity contribution is 7.98. The Labute approximate surface area is 104 Å². The summed E-state index contributed by atoms with van der Waals surface area (Å²) in [6, 6.07) is 0.350. The Hall–Kier alpha value is -0.220. The van der Waals surface area contributed by atoms with Gasteiger partial charge in [-0.05, 0) is 32.9 Å². The van der Waals surface area contributed by atoms with Gasteiger partial charge in [-0.1, -0.05) is 6.92 Å². The van der Waals surface area contributed by atoms with Crippen LogP contribution in [0.4, 0.5) is 0 Å². The molecule has 0 aromatic heterocycles. The average molecular weight is 246 g/mol. The van der Waals surface area contributed by atoms with Crippen molar-refractivity contribution in [2.24, 2.45) is 5.73 Å². The molecule has 0 fully saturated rings. The van der Waals surface area contributed by atoms with E-state index in [1.54, 1.807) is 11.8 Å². The molecule has 0 spiro atoms. The van der Waals surface area contributed by atoms with Crippen molar-refractivity contribution in [3.63, 3.8) is 0 Å². The minimum Gasteiger partial charge on any atom is -0.342 e. The SMILES string of the molecule is CCC(CSC)N(C)C(=O)CCC(C)(C)N. The number of thioether (sulfide) groups is 1. The molecule has 1 amide bonds. The zero-order valence-corrected chi connectivity index (χ0v) is 12.1. The number of hydrogen-bond donors (Lipinski definition) is 1. The Morgan fingerprint density at radius 2 is 2.06 bits per heavy atom. The summed E-state index contributed by atoms with van der Waals surface area (Å²) in [6.45, 7) is 6.04. The molecule has 0 bridgehead atoms. The smallest absolute Gasteiger partial charge is 0.222 e. The van der Waals surface area contributed by atoms with Crippen molar-refractivity contribution in [3.05, 3.63) is 0 Å². The van der Waals surface area contributed by atoms with Crippen molar-refractivity contribution in [2.75, 3.05) is 19.1 Å². The van der Waals surface area contributed by atoms with Crippen molar-refractivity contribution in [1.82, 2.24) is 4.90 Å². The first-order valence-corrected chi connectivity index (χ1v) is 7.24. The quantitative estimate of drug-likeness (QED) is 0.748. The van der Waals surface area contributed by atoms with Gasteiger partial charge in [0.05, 0.1) is 0 Å². The van der Waals surface area contributed by atoms with Crippen molar-refractivity contribution in [2.45, 2.75) is 51.6 Å². The highest BCUT2D eigenvalue weighted by Gasteiger charge is 2.20. The van der Waals surface area contributed by atoms with Crippen molar-refractivity contribution in [1.29, 1.82) is 0 Å². The Kier molecular flexibility index (Phi) is 7.07. The summed E-state index contributed by atoms with van der Waals surface area (Å²) in [5.74, 6) is 1.21. The van der Waals surface area contributed by atoms with E-state index in [0.717, 1.165) is 18.6 Å². The molecule has 16 heavy (non-hydrogen) atoms. The van der Waals surface area contributed by atoms with Gasteiger partial charge in [0.25, 0.3) is 0 Å². The lowest BCUT2D eigenvalue weighted by Crippen LogP contribution is -2.40. The molecule has 0 saturated carbocycles. The molecule has 2 N–H and O–H groups in total. The molecule has 0 rings (SSSR count). The van der Waals surface area contributed by atoms with Gasteiger partial charge in [0.2, 0.25) is 5.91 Å². The van der Waals surface area contributed by atoms with E-state index in [2.05, 4.69) is 13.2 Å². The predicted molar refractivity (Wildman–Crippen MR) is 72.7 cm³/mol. The number of nitrogens with zero attached hydrogens (tertiary/aromatic N) is 1. The fourth-order valence-electron chi connectivity index (χ4n) is 1.50. The van der Waals surface area contributed by atoms with Gasteiger partial charge in [-0.25, -0.2) is 0 Å². The van der Waals surface area contributed by atoms with Crippen LogP contribution in [-0.2, 0) is 4.79 Å². The van der Waals surface area contributed by atoms with E-state index < -0.39 is 0 Å². The Bertz CT molecular complexity index is 214. The zero-order valence-electron chi connectivity index (χ0n) is 11.2. The van der Waals surface area contributed by atoms with Gasteiger partial charge in [0.1, 0.15) is 0 Å². The van der Waals surface area contributed by atoms with Crippen LogP contribution in [0.2, 0.25) is 0 Å². The predicted octanol–water partition coefficient (Wildman–Crippen LogP) is 2.10. The zero-order chi connectivity index (χ0) is 12.8. The standard InChI is InChI=1S/C12H26N2OS/c1-6-10(9-16-5)14(4)11(15)7-8-12(2,3)13/h10H,6-9,13H2,1-5H3. The van der Waals surface area contributed by atoms with E-state index in [-0.39, 0.29) is 11.4 Å². The third-order valence-corrected chi connectivity index (χ3v) is 3.47. The number of nitrogens with two attached hydrogens (primary N) is 1. The molecule has 4 heteroatoms. The third-order valence-electron chi connectivity index (χ3n) is 2.75. The molecule has 0 aromatic rings. The van der Waals surface area contributed by atoms with Crippen LogP contribution in [0.1, 0.15) is 40.0 Å². The average Bonchev–Trinajstić information content (AvgIpc) is 2.20. The van der Waals surface area contributed by atoms with Crippen LogP contribution in [0.25, 0.3) is 0 Å². The minimum absolute atomic E-state index is 0.208. The first-order valence-electron chi connectivity index (χ1n) is 5.85. The maximum absolute atomic E-state index is 11.9. The van der Waals surface area contributed by atoms with Crippen LogP contribution in [-0.4, -0.2) is 41.4 Å². The first kappa shape index (κ1) is 15.8. The molecule has 0 radical (unpaired) electrons. The van der Waals surface area contributed by atoms with Gasteiger partial charge in [-0.15, -0.1) is 0 Å². The number of carbonyl (C=O) groups is 1. The van der Waals surface area contributed by atoms with Gasteiger partial charge < -0.3 is 10.6 Å². The minimum atomic E-state index is -0.252. The molecule has 0 aliphatic carbocycles. The molecule has 96 valence electrons. The van der Waals surface area contributed by atoms with Gasteiger partial charge in [-0.2, -0.15) is 11.8 Å². The lowest BCUT2D eigenvalue weighted by Gasteiger charge is -2.28. The van der Waals surface area contributed by atoms with E-state index in [9.17, 15) is 4.79 Å². The van der Waals surface area contributed by atoms with Crippen molar-refractivity contribution < 1.29 is 4.79 Å². The highest BCUT2D eigenvalue weighted by atomic mass is 32.2. The second-order valence-electron chi connectivity index (χ2n) is 5.01. The number of amides is 1. The second kappa shape index (κ2) is 7.17. The molecular formula is C12H26N2OS. The molecule has 0 heterocycles. The Balaban J connectivity index is 4.15. The van der Waals surface area contributed by atoms with Gasteiger partial charge >= 0.3 is 0 Å². The van der Waals surface area contributed by atoms with E-state index >= 15 is 0 Å². The number of hydrogen-bond acceptors (Lipinski definition) is 3. The number of rotatable bonds is 7. The molecule has 1 atom stereocenters. The van der Waals surface area contributed by atoms with Crippen LogP contribution in [0.5, 0.6) is 0 Å². The lowest BCUT2D eigenvalue weighted by atomic mass is 9.99. The topological polar surface area (TPSA) is 46.3 Å². The fourth-order valence-corrected chi connectivity index (χ4v) is 2.35. The van der Waals surface area contributed by atoms with Crippen LogP contribution in [0.3, 0.4) is 0 Å². The summed E-state index contributed by atoms with van der Waals surface area (Å²) in [5.41, 5.74) is 5.62. The largest absolute Gasteiger partial charge is 0.342 e. The normalized spacial score (nSPS) is 13.6. The first-order chi connectivity index (χ1) is 7.31. The lowest BCUT2D eigenvalue weighted by molar-refractivity contribution is -0.132. The second-order valence-corrected chi connectivity index (χ2v) is 5.92. The highest BCUT2D eigenvalue weighted by Crippen LogP contribution is 2.13. The van der Waals surface area contributed by atoms with Crippen LogP contribution in [0, 0.1) is 0 Å². The van der Waals surface area contributed by atoms with Crippen LogP contribution in [0.15, 0.2) is 0 Å². The molecular weight excluding hydrogens is 220 g/mol. The van der Waals surface area contributed by atoms with Crippen LogP contribution < -0.4 is 5.73 Å². The molecule has 1 unspecified atom stereocenters. The maximum atomic E-state index is 11.9. The van der Waals surface area contributed by atoms with Crippen LogP contribution >= 0.6 is 11.8 Å². The van der Waals surface area contributed by atoms with Gasteiger partial charge in [0, 0.05) is 30.8 Å². The molecule has 0 saturated heterocycles. The van der Waals surface area contributed by atoms with Crippen molar-refractivity contribution in [3.8, 4) is 0 Å². The third kappa shape index (κ3) is 6.38. The molecule has 0 aromatic carbocycles. The summed E-state index contributed by atoms with van der Waals surface area (Å²) in [4.78, 5) is 13.8. The maximum Gasteiger partial charge on any atom is 0.222 e.